The van der Waals surface area contributed by atoms with Gasteiger partial charge in [-0.2, -0.15) is 0 Å². The van der Waals surface area contributed by atoms with E-state index < -0.39 is 0 Å². The molecule has 0 radical (unpaired) electrons. The molecule has 0 bridgehead atoms. The number of rotatable bonds is 8. The van der Waals surface area contributed by atoms with Gasteiger partial charge in [0.1, 0.15) is 11.5 Å². The smallest absolute Gasteiger partial charge is 0.258 e. The lowest BCUT2D eigenvalue weighted by Gasteiger charge is -2.16. The van der Waals surface area contributed by atoms with Gasteiger partial charge < -0.3 is 14.5 Å². The van der Waals surface area contributed by atoms with Gasteiger partial charge in [-0.3, -0.25) is 4.79 Å². The van der Waals surface area contributed by atoms with Gasteiger partial charge in [-0.25, -0.2) is 0 Å². The van der Waals surface area contributed by atoms with Gasteiger partial charge in [-0.1, -0.05) is 26.0 Å². The van der Waals surface area contributed by atoms with Crippen LogP contribution in [0.15, 0.2) is 41.0 Å². The average Bonchev–Trinajstić information content (AvgIpc) is 3.04. The van der Waals surface area contributed by atoms with E-state index in [9.17, 15) is 4.79 Å². The van der Waals surface area contributed by atoms with Crippen molar-refractivity contribution in [2.75, 3.05) is 6.61 Å². The molecule has 0 saturated heterocycles. The van der Waals surface area contributed by atoms with Crippen molar-refractivity contribution in [3.63, 3.8) is 0 Å². The molecule has 0 unspecified atom stereocenters. The molecule has 1 aromatic carbocycles. The summed E-state index contributed by atoms with van der Waals surface area (Å²) in [5, 5.41) is 2.97. The van der Waals surface area contributed by atoms with Crippen molar-refractivity contribution in [3.05, 3.63) is 53.5 Å². The van der Waals surface area contributed by atoms with Gasteiger partial charge in [0.15, 0.2) is 6.61 Å². The van der Waals surface area contributed by atoms with Gasteiger partial charge in [0.25, 0.3) is 5.91 Å². The highest BCUT2D eigenvalue weighted by Crippen LogP contribution is 2.27. The minimum absolute atomic E-state index is 0.0360. The summed E-state index contributed by atoms with van der Waals surface area (Å²) in [7, 11) is 0. The first-order chi connectivity index (χ1) is 11.5. The largest absolute Gasteiger partial charge is 0.483 e. The Kier molecular flexibility index (Phi) is 6.47. The summed E-state index contributed by atoms with van der Waals surface area (Å²) in [6.45, 7) is 8.29. The summed E-state index contributed by atoms with van der Waals surface area (Å²) in [5.74, 6) is 1.99. The van der Waals surface area contributed by atoms with Gasteiger partial charge in [0, 0.05) is 12.5 Å². The molecule has 0 spiro atoms. The number of hydrogen-bond donors (Lipinski definition) is 1. The lowest BCUT2D eigenvalue weighted by molar-refractivity contribution is -0.123. The van der Waals surface area contributed by atoms with Crippen LogP contribution in [0.3, 0.4) is 0 Å². The topological polar surface area (TPSA) is 51.5 Å². The molecule has 1 amide bonds. The quantitative estimate of drug-likeness (QED) is 0.788. The Hall–Kier alpha value is -2.23. The second-order valence-electron chi connectivity index (χ2n) is 6.57. The fourth-order valence-corrected chi connectivity index (χ4v) is 2.59. The van der Waals surface area contributed by atoms with Crippen molar-refractivity contribution in [2.24, 2.45) is 0 Å². The maximum Gasteiger partial charge on any atom is 0.258 e. The molecule has 130 valence electrons. The molecule has 0 fully saturated rings. The van der Waals surface area contributed by atoms with Crippen molar-refractivity contribution in [1.82, 2.24) is 5.32 Å². The predicted octanol–water partition coefficient (Wildman–Crippen LogP) is 4.23. The molecule has 0 aliphatic carbocycles. The summed E-state index contributed by atoms with van der Waals surface area (Å²) in [5.41, 5.74) is 2.25. The summed E-state index contributed by atoms with van der Waals surface area (Å²) in [6.07, 6.45) is 3.31. The van der Waals surface area contributed by atoms with Crippen LogP contribution in [0.25, 0.3) is 0 Å². The van der Waals surface area contributed by atoms with Crippen LogP contribution in [0.4, 0.5) is 0 Å². The number of carbonyl (C=O) groups excluding carboxylic acids is 1. The van der Waals surface area contributed by atoms with Gasteiger partial charge in [-0.05, 0) is 55.5 Å². The van der Waals surface area contributed by atoms with E-state index in [-0.39, 0.29) is 18.6 Å². The van der Waals surface area contributed by atoms with E-state index in [2.05, 4.69) is 31.3 Å². The Morgan fingerprint density at radius 1 is 1.25 bits per heavy atom. The van der Waals surface area contributed by atoms with Crippen LogP contribution in [-0.4, -0.2) is 18.6 Å². The van der Waals surface area contributed by atoms with Crippen LogP contribution in [0.1, 0.15) is 50.0 Å². The molecule has 4 heteroatoms. The minimum atomic E-state index is -0.0989. The van der Waals surface area contributed by atoms with Gasteiger partial charge in [0.2, 0.25) is 0 Å². The summed E-state index contributed by atoms with van der Waals surface area (Å²) < 4.78 is 11.1. The molecule has 1 atom stereocenters. The SMILES string of the molecule is Cc1ccc(C(C)C)c(OCC(=O)N[C@@H](C)CCc2ccco2)c1. The van der Waals surface area contributed by atoms with Crippen molar-refractivity contribution in [2.45, 2.75) is 52.5 Å². The third-order valence-corrected chi connectivity index (χ3v) is 3.96. The number of benzene rings is 1. The number of carbonyl (C=O) groups is 1. The first-order valence-corrected chi connectivity index (χ1v) is 8.50. The Labute approximate surface area is 144 Å². The van der Waals surface area contributed by atoms with Crippen molar-refractivity contribution < 1.29 is 13.9 Å². The van der Waals surface area contributed by atoms with E-state index >= 15 is 0 Å². The monoisotopic (exact) mass is 329 g/mol. The molecule has 1 aromatic heterocycles. The Morgan fingerprint density at radius 2 is 2.04 bits per heavy atom. The van der Waals surface area contributed by atoms with Crippen molar-refractivity contribution >= 4 is 5.91 Å². The highest BCUT2D eigenvalue weighted by molar-refractivity contribution is 5.77. The van der Waals surface area contributed by atoms with Crippen LogP contribution in [-0.2, 0) is 11.2 Å². The van der Waals surface area contributed by atoms with Crippen LogP contribution < -0.4 is 10.1 Å². The summed E-state index contributed by atoms with van der Waals surface area (Å²) in [6, 6.07) is 10.0. The van der Waals surface area contributed by atoms with E-state index in [1.807, 2.05) is 32.0 Å². The summed E-state index contributed by atoms with van der Waals surface area (Å²) >= 11 is 0. The Balaban J connectivity index is 1.81. The minimum Gasteiger partial charge on any atom is -0.483 e. The zero-order valence-electron chi connectivity index (χ0n) is 15.0. The van der Waals surface area contributed by atoms with Crippen LogP contribution in [0, 0.1) is 6.92 Å². The lowest BCUT2D eigenvalue weighted by atomic mass is 10.0. The normalized spacial score (nSPS) is 12.2. The number of nitrogens with one attached hydrogen (secondary N) is 1. The fraction of sp³-hybridized carbons (Fsp3) is 0.450. The lowest BCUT2D eigenvalue weighted by Crippen LogP contribution is -2.36. The van der Waals surface area contributed by atoms with Crippen LogP contribution >= 0.6 is 0 Å². The highest BCUT2D eigenvalue weighted by atomic mass is 16.5. The van der Waals surface area contributed by atoms with Crippen LogP contribution in [0.5, 0.6) is 5.75 Å². The maximum absolute atomic E-state index is 12.1. The van der Waals surface area contributed by atoms with E-state index in [1.165, 1.54) is 0 Å². The van der Waals surface area contributed by atoms with Crippen molar-refractivity contribution in [1.29, 1.82) is 0 Å². The van der Waals surface area contributed by atoms with E-state index in [0.717, 1.165) is 35.5 Å². The molecule has 1 N–H and O–H groups in total. The van der Waals surface area contributed by atoms with Gasteiger partial charge >= 0.3 is 0 Å². The molecule has 0 aliphatic heterocycles. The highest BCUT2D eigenvalue weighted by Gasteiger charge is 2.12. The third-order valence-electron chi connectivity index (χ3n) is 3.96. The van der Waals surface area contributed by atoms with Gasteiger partial charge in [-0.15, -0.1) is 0 Å². The summed E-state index contributed by atoms with van der Waals surface area (Å²) in [4.78, 5) is 12.1. The van der Waals surface area contributed by atoms with Gasteiger partial charge in [0.05, 0.1) is 6.26 Å². The maximum atomic E-state index is 12.1. The molecule has 24 heavy (non-hydrogen) atoms. The van der Waals surface area contributed by atoms with E-state index in [0.29, 0.717) is 5.92 Å². The number of ether oxygens (including phenoxy) is 1. The zero-order valence-corrected chi connectivity index (χ0v) is 15.0. The van der Waals surface area contributed by atoms with Crippen LogP contribution in [0.2, 0.25) is 0 Å². The molecule has 4 nitrogen and oxygen atoms in total. The second kappa shape index (κ2) is 8.57. The Bertz CT molecular complexity index is 647. The number of amides is 1. The fourth-order valence-electron chi connectivity index (χ4n) is 2.59. The zero-order chi connectivity index (χ0) is 17.5. The Morgan fingerprint density at radius 3 is 2.71 bits per heavy atom. The van der Waals surface area contributed by atoms with Crippen molar-refractivity contribution in [3.8, 4) is 5.75 Å². The molecular weight excluding hydrogens is 302 g/mol. The molecular formula is C20H27NO3. The predicted molar refractivity (Wildman–Crippen MR) is 95.4 cm³/mol. The molecule has 2 aromatic rings. The molecule has 0 saturated carbocycles. The standard InChI is InChI=1S/C20H27NO3/c1-14(2)18-10-7-15(3)12-19(18)24-13-20(22)21-16(4)8-9-17-6-5-11-23-17/h5-7,10-12,14,16H,8-9,13H2,1-4H3,(H,21,22)/t16-/m0/s1. The third kappa shape index (κ3) is 5.44. The molecule has 0 aliphatic rings. The number of aryl methyl sites for hydroxylation is 2. The molecule has 1 heterocycles. The number of furan rings is 1. The van der Waals surface area contributed by atoms with E-state index in [4.69, 9.17) is 9.15 Å². The average molecular weight is 329 g/mol. The van der Waals surface area contributed by atoms with E-state index in [1.54, 1.807) is 6.26 Å². The first-order valence-electron chi connectivity index (χ1n) is 8.50. The first kappa shape index (κ1) is 18.1. The molecule has 2 rings (SSSR count). The second-order valence-corrected chi connectivity index (χ2v) is 6.57. The number of hydrogen-bond acceptors (Lipinski definition) is 3.